The van der Waals surface area contributed by atoms with Crippen LogP contribution in [0.25, 0.3) is 11.3 Å². The molecule has 12 heteroatoms. The van der Waals surface area contributed by atoms with Crippen molar-refractivity contribution in [3.63, 3.8) is 0 Å². The van der Waals surface area contributed by atoms with Crippen LogP contribution in [0.1, 0.15) is 10.5 Å². The highest BCUT2D eigenvalue weighted by Gasteiger charge is 2.14. The minimum Gasteiger partial charge on any atom is -0.468 e. The lowest BCUT2D eigenvalue weighted by Crippen LogP contribution is -2.14. The van der Waals surface area contributed by atoms with Gasteiger partial charge in [-0.3, -0.25) is 10.1 Å². The maximum Gasteiger partial charge on any atom is 0.387 e. The number of ether oxygens (including phenoxy) is 2. The number of nitrogens with one attached hydrogen (secondary N) is 1. The molecule has 0 aliphatic heterocycles. The number of hydrogen-bond donors (Lipinski definition) is 1. The maximum absolute atomic E-state index is 12.5. The molecule has 4 aromatic rings. The molecular weight excluding hydrogens is 497 g/mol. The first kappa shape index (κ1) is 23.0. The van der Waals surface area contributed by atoms with Gasteiger partial charge in [0.1, 0.15) is 5.75 Å². The Balaban J connectivity index is 1.36. The van der Waals surface area contributed by atoms with Gasteiger partial charge >= 0.3 is 6.61 Å². The van der Waals surface area contributed by atoms with Gasteiger partial charge in [-0.2, -0.15) is 13.9 Å². The Bertz CT molecular complexity index is 1240. The van der Waals surface area contributed by atoms with E-state index >= 15 is 0 Å². The number of amides is 1. The Hall–Kier alpha value is -3.21. The van der Waals surface area contributed by atoms with Crippen molar-refractivity contribution in [2.75, 3.05) is 5.32 Å². The number of carbonyl (C=O) groups is 1. The Morgan fingerprint density at radius 2 is 1.85 bits per heavy atom. The summed E-state index contributed by atoms with van der Waals surface area (Å²) < 4.78 is 35.9. The van der Waals surface area contributed by atoms with Crippen LogP contribution in [0.5, 0.6) is 11.5 Å². The number of hydrogen-bond acceptors (Lipinski definition) is 6. The lowest BCUT2D eigenvalue weighted by Gasteiger charge is -2.09. The summed E-state index contributed by atoms with van der Waals surface area (Å²) in [7, 11) is 0. The zero-order valence-corrected chi connectivity index (χ0v) is 18.9. The molecule has 7 nitrogen and oxygen atoms in total. The van der Waals surface area contributed by atoms with Crippen molar-refractivity contribution in [2.45, 2.75) is 13.3 Å². The van der Waals surface area contributed by atoms with Crippen LogP contribution >= 0.6 is 34.5 Å². The number of para-hydroxylation sites is 1. The van der Waals surface area contributed by atoms with Crippen molar-refractivity contribution >= 4 is 45.6 Å². The summed E-state index contributed by atoms with van der Waals surface area (Å²) in [5.41, 5.74) is 1.43. The lowest BCUT2D eigenvalue weighted by atomic mass is 10.2. The molecule has 1 N–H and O–H groups in total. The number of rotatable bonds is 8. The van der Waals surface area contributed by atoms with E-state index in [4.69, 9.17) is 27.9 Å². The molecule has 0 radical (unpaired) electrons. The minimum absolute atomic E-state index is 0.00338. The van der Waals surface area contributed by atoms with Crippen LogP contribution in [0, 0.1) is 0 Å². The van der Waals surface area contributed by atoms with E-state index in [1.54, 1.807) is 41.9 Å². The second kappa shape index (κ2) is 10.2. The number of aromatic nitrogens is 3. The molecule has 0 saturated carbocycles. The number of carbonyl (C=O) groups excluding carboxylic acids is 1. The van der Waals surface area contributed by atoms with Crippen LogP contribution in [0.2, 0.25) is 10.0 Å². The summed E-state index contributed by atoms with van der Waals surface area (Å²) in [6.45, 7) is -2.88. The molecule has 2 heterocycles. The van der Waals surface area contributed by atoms with Crippen molar-refractivity contribution in [1.82, 2.24) is 14.8 Å². The molecule has 0 aliphatic carbocycles. The fraction of sp³-hybridized carbons (Fsp3) is 0.0952. The fourth-order valence-corrected chi connectivity index (χ4v) is 3.96. The number of halogens is 4. The molecule has 2 aromatic carbocycles. The van der Waals surface area contributed by atoms with Gasteiger partial charge in [0, 0.05) is 17.1 Å². The minimum atomic E-state index is -2.89. The molecule has 4 rings (SSSR count). The van der Waals surface area contributed by atoms with Gasteiger partial charge in [-0.1, -0.05) is 29.3 Å². The van der Waals surface area contributed by atoms with E-state index in [-0.39, 0.29) is 18.2 Å². The highest BCUT2D eigenvalue weighted by atomic mass is 35.5. The Morgan fingerprint density at radius 1 is 1.12 bits per heavy atom. The average molecular weight is 511 g/mol. The smallest absolute Gasteiger partial charge is 0.387 e. The average Bonchev–Trinajstić information content (AvgIpc) is 3.43. The Kier molecular flexibility index (Phi) is 7.07. The third-order valence-corrected chi connectivity index (χ3v) is 5.59. The van der Waals surface area contributed by atoms with Crippen LogP contribution in [0.15, 0.2) is 60.1 Å². The number of benzene rings is 2. The van der Waals surface area contributed by atoms with Crippen molar-refractivity contribution in [1.29, 1.82) is 0 Å². The summed E-state index contributed by atoms with van der Waals surface area (Å²) in [4.78, 5) is 16.9. The summed E-state index contributed by atoms with van der Waals surface area (Å²) in [6.07, 6.45) is 1.58. The van der Waals surface area contributed by atoms with E-state index in [9.17, 15) is 13.6 Å². The number of thiazole rings is 1. The second-order valence-electron chi connectivity index (χ2n) is 6.46. The van der Waals surface area contributed by atoms with Gasteiger partial charge in [0.15, 0.2) is 23.3 Å². The molecule has 0 fully saturated rings. The summed E-state index contributed by atoms with van der Waals surface area (Å²) in [5.74, 6) is -0.0774. The van der Waals surface area contributed by atoms with Crippen molar-refractivity contribution in [3.8, 4) is 22.8 Å². The Morgan fingerprint density at radius 3 is 2.55 bits per heavy atom. The van der Waals surface area contributed by atoms with E-state index < -0.39 is 12.5 Å². The third kappa shape index (κ3) is 5.78. The first-order valence-corrected chi connectivity index (χ1v) is 10.9. The maximum atomic E-state index is 12.5. The summed E-state index contributed by atoms with van der Waals surface area (Å²) in [6, 6.07) is 12.6. The molecule has 1 amide bonds. The highest BCUT2D eigenvalue weighted by Crippen LogP contribution is 2.32. The molecule has 0 atom stereocenters. The lowest BCUT2D eigenvalue weighted by molar-refractivity contribution is -0.0498. The number of nitrogens with zero attached hydrogens (tertiary/aromatic N) is 3. The first-order chi connectivity index (χ1) is 15.9. The monoisotopic (exact) mass is 510 g/mol. The van der Waals surface area contributed by atoms with Gasteiger partial charge in [-0.25, -0.2) is 9.67 Å². The van der Waals surface area contributed by atoms with E-state index in [0.29, 0.717) is 32.2 Å². The number of anilines is 1. The quantitative estimate of drug-likeness (QED) is 0.305. The van der Waals surface area contributed by atoms with Crippen molar-refractivity contribution in [2.24, 2.45) is 0 Å². The molecule has 0 spiro atoms. The first-order valence-electron chi connectivity index (χ1n) is 9.31. The van der Waals surface area contributed by atoms with E-state index in [1.165, 1.54) is 34.2 Å². The van der Waals surface area contributed by atoms with Crippen LogP contribution in [0.3, 0.4) is 0 Å². The molecule has 0 saturated heterocycles. The predicted octanol–water partition coefficient (Wildman–Crippen LogP) is 6.20. The van der Waals surface area contributed by atoms with Gasteiger partial charge in [0.2, 0.25) is 0 Å². The zero-order valence-electron chi connectivity index (χ0n) is 16.5. The number of alkyl halides is 2. The molecular formula is C21H14Cl2F2N4O3S. The van der Waals surface area contributed by atoms with Crippen molar-refractivity contribution < 1.29 is 23.0 Å². The van der Waals surface area contributed by atoms with Crippen LogP contribution in [-0.2, 0) is 6.73 Å². The third-order valence-electron chi connectivity index (χ3n) is 4.23. The van der Waals surface area contributed by atoms with Gasteiger partial charge < -0.3 is 9.47 Å². The summed E-state index contributed by atoms with van der Waals surface area (Å²) in [5, 5.41) is 9.67. The van der Waals surface area contributed by atoms with Gasteiger partial charge in [0.25, 0.3) is 5.91 Å². The topological polar surface area (TPSA) is 78.3 Å². The van der Waals surface area contributed by atoms with E-state index in [0.717, 1.165) is 0 Å². The normalized spacial score (nSPS) is 10.9. The van der Waals surface area contributed by atoms with Gasteiger partial charge in [-0.05, 0) is 42.5 Å². The van der Waals surface area contributed by atoms with E-state index in [1.807, 2.05) is 0 Å². The van der Waals surface area contributed by atoms with Crippen LogP contribution < -0.4 is 14.8 Å². The Labute approximate surface area is 200 Å². The summed E-state index contributed by atoms with van der Waals surface area (Å²) >= 11 is 13.4. The highest BCUT2D eigenvalue weighted by molar-refractivity contribution is 7.14. The molecule has 0 unspecified atom stereocenters. The van der Waals surface area contributed by atoms with Crippen LogP contribution in [0.4, 0.5) is 13.9 Å². The van der Waals surface area contributed by atoms with E-state index in [2.05, 4.69) is 20.1 Å². The van der Waals surface area contributed by atoms with Crippen LogP contribution in [-0.4, -0.2) is 27.3 Å². The fourth-order valence-electron chi connectivity index (χ4n) is 2.74. The molecule has 0 bridgehead atoms. The molecule has 170 valence electrons. The standard InChI is InChI=1S/C21H14Cl2F2N4O3S/c22-14-2-1-3-15(23)18(14)31-11-29-9-8-16(28-29)19(30)27-21-26-17(10-33-21)12-4-6-13(7-5-12)32-20(24)25/h1-10,20H,11H2,(H,26,27,30). The van der Waals surface area contributed by atoms with Gasteiger partial charge in [-0.15, -0.1) is 11.3 Å². The molecule has 0 aliphatic rings. The second-order valence-corrected chi connectivity index (χ2v) is 8.13. The SMILES string of the molecule is O=C(Nc1nc(-c2ccc(OC(F)F)cc2)cs1)c1ccn(COc2c(Cl)cccc2Cl)n1. The van der Waals surface area contributed by atoms with Gasteiger partial charge in [0.05, 0.1) is 15.7 Å². The van der Waals surface area contributed by atoms with Crippen molar-refractivity contribution in [3.05, 3.63) is 75.8 Å². The molecule has 2 aromatic heterocycles. The zero-order chi connectivity index (χ0) is 23.4. The molecule has 33 heavy (non-hydrogen) atoms. The predicted molar refractivity (Wildman–Crippen MR) is 121 cm³/mol. The largest absolute Gasteiger partial charge is 0.468 e.